The van der Waals surface area contributed by atoms with Crippen LogP contribution >= 0.6 is 11.8 Å². The molecular formula is C12H21NO3S. The number of rotatable bonds is 5. The normalized spacial score (nSPS) is 22.2. The minimum Gasteiger partial charge on any atom is -0.480 e. The molecule has 2 atom stereocenters. The third kappa shape index (κ3) is 4.98. The zero-order valence-electron chi connectivity index (χ0n) is 10.4. The average molecular weight is 259 g/mol. The van der Waals surface area contributed by atoms with Crippen LogP contribution in [0.3, 0.4) is 0 Å². The lowest BCUT2D eigenvalue weighted by Gasteiger charge is -2.23. The second kappa shape index (κ2) is 6.89. The Morgan fingerprint density at radius 1 is 1.47 bits per heavy atom. The Kier molecular flexibility index (Phi) is 5.82. The topological polar surface area (TPSA) is 66.4 Å². The molecule has 1 heterocycles. The van der Waals surface area contributed by atoms with Crippen molar-refractivity contribution in [3.63, 3.8) is 0 Å². The number of amides is 1. The largest absolute Gasteiger partial charge is 0.480 e. The van der Waals surface area contributed by atoms with E-state index in [1.54, 1.807) is 13.8 Å². The number of carboxylic acids is 1. The van der Waals surface area contributed by atoms with E-state index < -0.39 is 12.0 Å². The number of carbonyl (C=O) groups is 2. The summed E-state index contributed by atoms with van der Waals surface area (Å²) < 4.78 is 0. The molecule has 0 bridgehead atoms. The number of nitrogens with one attached hydrogen (secondary N) is 1. The Morgan fingerprint density at radius 3 is 2.65 bits per heavy atom. The molecular weight excluding hydrogens is 238 g/mol. The summed E-state index contributed by atoms with van der Waals surface area (Å²) in [6.07, 6.45) is 2.71. The summed E-state index contributed by atoms with van der Waals surface area (Å²) in [5, 5.41) is 11.6. The van der Waals surface area contributed by atoms with Crippen LogP contribution in [-0.4, -0.2) is 34.5 Å². The van der Waals surface area contributed by atoms with Crippen molar-refractivity contribution in [2.24, 2.45) is 11.8 Å². The maximum absolute atomic E-state index is 11.7. The van der Waals surface area contributed by atoms with Gasteiger partial charge < -0.3 is 10.4 Å². The number of hydrogen-bond acceptors (Lipinski definition) is 3. The highest BCUT2D eigenvalue weighted by Crippen LogP contribution is 2.25. The van der Waals surface area contributed by atoms with Gasteiger partial charge in [-0.2, -0.15) is 11.8 Å². The summed E-state index contributed by atoms with van der Waals surface area (Å²) >= 11 is 1.88. The van der Waals surface area contributed by atoms with E-state index in [1.165, 1.54) is 5.75 Å². The molecule has 0 spiro atoms. The minimum absolute atomic E-state index is 0.0859. The number of hydrogen-bond donors (Lipinski definition) is 2. The lowest BCUT2D eigenvalue weighted by atomic mass is 9.99. The van der Waals surface area contributed by atoms with Gasteiger partial charge in [0.1, 0.15) is 6.04 Å². The third-order valence-electron chi connectivity index (χ3n) is 2.98. The van der Waals surface area contributed by atoms with Crippen molar-refractivity contribution in [1.29, 1.82) is 0 Å². The Labute approximate surface area is 107 Å². The molecule has 5 heteroatoms. The van der Waals surface area contributed by atoms with Crippen LogP contribution in [0.5, 0.6) is 0 Å². The minimum atomic E-state index is -0.952. The molecule has 1 aliphatic rings. The van der Waals surface area contributed by atoms with E-state index in [2.05, 4.69) is 5.32 Å². The van der Waals surface area contributed by atoms with Crippen LogP contribution in [0.4, 0.5) is 0 Å². The Balaban J connectivity index is 2.38. The van der Waals surface area contributed by atoms with Gasteiger partial charge in [-0.15, -0.1) is 0 Å². The van der Waals surface area contributed by atoms with Gasteiger partial charge in [0.25, 0.3) is 0 Å². The Hall–Kier alpha value is -0.710. The highest BCUT2D eigenvalue weighted by molar-refractivity contribution is 7.99. The second-order valence-electron chi connectivity index (χ2n) is 4.91. The van der Waals surface area contributed by atoms with Crippen molar-refractivity contribution < 1.29 is 14.7 Å². The molecule has 2 N–H and O–H groups in total. The van der Waals surface area contributed by atoms with Crippen molar-refractivity contribution in [2.45, 2.75) is 39.2 Å². The molecule has 0 aromatic carbocycles. The quantitative estimate of drug-likeness (QED) is 0.789. The molecule has 1 unspecified atom stereocenters. The van der Waals surface area contributed by atoms with Gasteiger partial charge in [-0.05, 0) is 36.2 Å². The Bertz CT molecular complexity index is 275. The van der Waals surface area contributed by atoms with Gasteiger partial charge in [-0.25, -0.2) is 4.79 Å². The second-order valence-corrected chi connectivity index (χ2v) is 6.06. The van der Waals surface area contributed by atoms with Crippen molar-refractivity contribution in [3.05, 3.63) is 0 Å². The van der Waals surface area contributed by atoms with Crippen LogP contribution in [0, 0.1) is 11.8 Å². The maximum Gasteiger partial charge on any atom is 0.326 e. The average Bonchev–Trinajstić information content (AvgIpc) is 2.26. The predicted octanol–water partition coefficient (Wildman–Crippen LogP) is 1.75. The summed E-state index contributed by atoms with van der Waals surface area (Å²) in [4.78, 5) is 22.7. The van der Waals surface area contributed by atoms with Gasteiger partial charge in [-0.1, -0.05) is 13.8 Å². The summed E-state index contributed by atoms with van der Waals surface area (Å²) in [6, 6.07) is -0.765. The van der Waals surface area contributed by atoms with E-state index in [0.717, 1.165) is 18.6 Å². The molecule has 0 saturated carbocycles. The molecule has 0 aromatic rings. The van der Waals surface area contributed by atoms with Gasteiger partial charge >= 0.3 is 5.97 Å². The van der Waals surface area contributed by atoms with Crippen LogP contribution in [0.2, 0.25) is 0 Å². The van der Waals surface area contributed by atoms with Gasteiger partial charge in [0.15, 0.2) is 0 Å². The van der Waals surface area contributed by atoms with Crippen molar-refractivity contribution in [2.75, 3.05) is 11.5 Å². The fourth-order valence-corrected chi connectivity index (χ4v) is 3.13. The first kappa shape index (κ1) is 14.4. The van der Waals surface area contributed by atoms with Gasteiger partial charge in [0.05, 0.1) is 0 Å². The summed E-state index contributed by atoms with van der Waals surface area (Å²) in [5.41, 5.74) is 0. The highest BCUT2D eigenvalue weighted by atomic mass is 32.2. The molecule has 1 amide bonds. The maximum atomic E-state index is 11.7. The zero-order valence-corrected chi connectivity index (χ0v) is 11.3. The van der Waals surface area contributed by atoms with Crippen LogP contribution in [0.1, 0.15) is 33.1 Å². The first-order valence-corrected chi connectivity index (χ1v) is 7.26. The van der Waals surface area contributed by atoms with Gasteiger partial charge in [-0.3, -0.25) is 4.79 Å². The fourth-order valence-electron chi connectivity index (χ4n) is 1.98. The van der Waals surface area contributed by atoms with E-state index in [9.17, 15) is 9.59 Å². The lowest BCUT2D eigenvalue weighted by molar-refractivity contribution is -0.143. The van der Waals surface area contributed by atoms with Crippen LogP contribution < -0.4 is 5.32 Å². The zero-order chi connectivity index (χ0) is 12.8. The molecule has 0 aliphatic carbocycles. The molecule has 1 rings (SSSR count). The summed E-state index contributed by atoms with van der Waals surface area (Å²) in [7, 11) is 0. The van der Waals surface area contributed by atoms with Crippen LogP contribution in [0.25, 0.3) is 0 Å². The van der Waals surface area contributed by atoms with E-state index in [-0.39, 0.29) is 11.8 Å². The van der Waals surface area contributed by atoms with E-state index in [1.807, 2.05) is 11.8 Å². The summed E-state index contributed by atoms with van der Waals surface area (Å²) in [5.74, 6) is 1.45. The third-order valence-corrected chi connectivity index (χ3v) is 4.26. The molecule has 0 aromatic heterocycles. The molecule has 98 valence electrons. The molecule has 1 fully saturated rings. The number of carboxylic acid groups (broad SMARTS) is 1. The van der Waals surface area contributed by atoms with Gasteiger partial charge in [0.2, 0.25) is 5.91 Å². The highest BCUT2D eigenvalue weighted by Gasteiger charge is 2.25. The molecule has 4 nitrogen and oxygen atoms in total. The van der Waals surface area contributed by atoms with Crippen molar-refractivity contribution >= 4 is 23.6 Å². The van der Waals surface area contributed by atoms with E-state index in [0.29, 0.717) is 12.3 Å². The standard InChI is InChI=1S/C12H21NO3S/c1-8(2)11(12(15)16)13-10(14)6-9-4-3-5-17-7-9/h8-9,11H,3-7H2,1-2H3,(H,13,14)(H,15,16)/t9?,11-/m0/s1. The number of thioether (sulfide) groups is 1. The lowest BCUT2D eigenvalue weighted by Crippen LogP contribution is -2.45. The first-order valence-electron chi connectivity index (χ1n) is 6.10. The van der Waals surface area contributed by atoms with Gasteiger partial charge in [0, 0.05) is 6.42 Å². The predicted molar refractivity (Wildman–Crippen MR) is 69.1 cm³/mol. The molecule has 17 heavy (non-hydrogen) atoms. The Morgan fingerprint density at radius 2 is 2.18 bits per heavy atom. The van der Waals surface area contributed by atoms with E-state index in [4.69, 9.17) is 5.11 Å². The first-order chi connectivity index (χ1) is 8.00. The summed E-state index contributed by atoms with van der Waals surface area (Å²) in [6.45, 7) is 3.60. The van der Waals surface area contributed by atoms with Crippen LogP contribution in [0.15, 0.2) is 0 Å². The molecule has 1 aliphatic heterocycles. The smallest absolute Gasteiger partial charge is 0.326 e. The van der Waals surface area contributed by atoms with Crippen molar-refractivity contribution in [1.82, 2.24) is 5.32 Å². The molecule has 0 radical (unpaired) electrons. The monoisotopic (exact) mass is 259 g/mol. The van der Waals surface area contributed by atoms with Crippen LogP contribution in [-0.2, 0) is 9.59 Å². The van der Waals surface area contributed by atoms with Crippen molar-refractivity contribution in [3.8, 4) is 0 Å². The fraction of sp³-hybridized carbons (Fsp3) is 0.833. The SMILES string of the molecule is CC(C)[C@H](NC(=O)CC1CCCSC1)C(=O)O. The molecule has 1 saturated heterocycles. The number of aliphatic carboxylic acids is 1. The van der Waals surface area contributed by atoms with E-state index >= 15 is 0 Å². The number of carbonyl (C=O) groups excluding carboxylic acids is 1.